The van der Waals surface area contributed by atoms with E-state index in [4.69, 9.17) is 0 Å². The standard InChI is InChI=1S/C13H13N5O2S2/c1-2-10-3-4-13(21-10)22(19,20)17-11-7-12(16-8-15-11)18-6-5-14-9-18/h3-9H,2H2,1H3,(H,15,16,17). The number of rotatable bonds is 5. The van der Waals surface area contributed by atoms with Crippen molar-refractivity contribution in [2.45, 2.75) is 17.6 Å². The van der Waals surface area contributed by atoms with Crippen LogP contribution in [0, 0.1) is 0 Å². The van der Waals surface area contributed by atoms with Crippen LogP contribution in [0.15, 0.2) is 47.5 Å². The Labute approximate surface area is 131 Å². The van der Waals surface area contributed by atoms with Crippen LogP contribution < -0.4 is 4.72 Å². The molecule has 0 bridgehead atoms. The van der Waals surface area contributed by atoms with Gasteiger partial charge in [-0.25, -0.2) is 23.4 Å². The maximum atomic E-state index is 12.3. The lowest BCUT2D eigenvalue weighted by Crippen LogP contribution is -2.13. The molecule has 0 fully saturated rings. The minimum absolute atomic E-state index is 0.213. The molecule has 0 aliphatic carbocycles. The Bertz CT molecular complexity index is 871. The number of hydrogen-bond acceptors (Lipinski definition) is 6. The molecular formula is C13H13N5O2S2. The van der Waals surface area contributed by atoms with E-state index in [1.54, 1.807) is 35.4 Å². The number of anilines is 1. The normalized spacial score (nSPS) is 11.5. The SMILES string of the molecule is CCc1ccc(S(=O)(=O)Nc2cc(-n3ccnc3)ncn2)s1. The van der Waals surface area contributed by atoms with Gasteiger partial charge in [0.15, 0.2) is 0 Å². The van der Waals surface area contributed by atoms with E-state index in [9.17, 15) is 8.42 Å². The topological polar surface area (TPSA) is 89.8 Å². The zero-order chi connectivity index (χ0) is 15.6. The Morgan fingerprint density at radius 1 is 1.32 bits per heavy atom. The van der Waals surface area contributed by atoms with Gasteiger partial charge in [-0.3, -0.25) is 9.29 Å². The minimum atomic E-state index is -3.63. The molecule has 7 nitrogen and oxygen atoms in total. The monoisotopic (exact) mass is 335 g/mol. The van der Waals surface area contributed by atoms with Crippen molar-refractivity contribution in [1.82, 2.24) is 19.5 Å². The first-order valence-corrected chi connectivity index (χ1v) is 8.80. The van der Waals surface area contributed by atoms with Crippen molar-refractivity contribution < 1.29 is 8.42 Å². The second-order valence-electron chi connectivity index (χ2n) is 4.41. The molecule has 0 spiro atoms. The van der Waals surface area contributed by atoms with Gasteiger partial charge in [0, 0.05) is 23.3 Å². The van der Waals surface area contributed by atoms with Crippen LogP contribution in [-0.4, -0.2) is 27.9 Å². The molecule has 0 atom stereocenters. The summed E-state index contributed by atoms with van der Waals surface area (Å²) in [5.41, 5.74) is 0. The molecule has 1 N–H and O–H groups in total. The fraction of sp³-hybridized carbons (Fsp3) is 0.154. The first-order chi connectivity index (χ1) is 10.6. The van der Waals surface area contributed by atoms with Gasteiger partial charge < -0.3 is 0 Å². The number of nitrogens with zero attached hydrogens (tertiary/aromatic N) is 4. The number of aryl methyl sites for hydroxylation is 1. The molecule has 0 unspecified atom stereocenters. The lowest BCUT2D eigenvalue weighted by molar-refractivity contribution is 0.603. The molecule has 0 aromatic carbocycles. The highest BCUT2D eigenvalue weighted by molar-refractivity contribution is 7.94. The molecule has 3 aromatic heterocycles. The molecule has 0 saturated carbocycles. The number of nitrogens with one attached hydrogen (secondary N) is 1. The van der Waals surface area contributed by atoms with Crippen LogP contribution in [0.25, 0.3) is 5.82 Å². The van der Waals surface area contributed by atoms with E-state index in [2.05, 4.69) is 19.7 Å². The summed E-state index contributed by atoms with van der Waals surface area (Å²) in [6, 6.07) is 4.97. The van der Waals surface area contributed by atoms with E-state index in [0.717, 1.165) is 11.3 Å². The molecule has 3 aromatic rings. The van der Waals surface area contributed by atoms with Crippen molar-refractivity contribution in [3.8, 4) is 5.82 Å². The third-order valence-corrected chi connectivity index (χ3v) is 5.99. The Morgan fingerprint density at radius 3 is 2.86 bits per heavy atom. The highest BCUT2D eigenvalue weighted by atomic mass is 32.2. The number of hydrogen-bond donors (Lipinski definition) is 1. The molecule has 22 heavy (non-hydrogen) atoms. The summed E-state index contributed by atoms with van der Waals surface area (Å²) >= 11 is 1.25. The number of imidazole rings is 1. The maximum Gasteiger partial charge on any atom is 0.272 e. The van der Waals surface area contributed by atoms with Gasteiger partial charge in [0.05, 0.1) is 0 Å². The number of sulfonamides is 1. The van der Waals surface area contributed by atoms with Crippen molar-refractivity contribution in [2.24, 2.45) is 0 Å². The van der Waals surface area contributed by atoms with Gasteiger partial charge in [-0.15, -0.1) is 11.3 Å². The molecule has 114 valence electrons. The van der Waals surface area contributed by atoms with E-state index < -0.39 is 10.0 Å². The second kappa shape index (κ2) is 5.85. The third-order valence-electron chi connectivity index (χ3n) is 2.91. The van der Waals surface area contributed by atoms with E-state index >= 15 is 0 Å². The fourth-order valence-electron chi connectivity index (χ4n) is 1.82. The Balaban J connectivity index is 1.88. The van der Waals surface area contributed by atoms with Gasteiger partial charge in [-0.2, -0.15) is 0 Å². The summed E-state index contributed by atoms with van der Waals surface area (Å²) in [5.74, 6) is 0.746. The summed E-state index contributed by atoms with van der Waals surface area (Å²) < 4.78 is 29.1. The van der Waals surface area contributed by atoms with E-state index in [0.29, 0.717) is 5.82 Å². The highest BCUT2D eigenvalue weighted by Gasteiger charge is 2.17. The van der Waals surface area contributed by atoms with E-state index in [-0.39, 0.29) is 10.0 Å². The van der Waals surface area contributed by atoms with Crippen LogP contribution in [0.2, 0.25) is 0 Å². The molecule has 0 radical (unpaired) electrons. The quantitative estimate of drug-likeness (QED) is 0.771. The highest BCUT2D eigenvalue weighted by Crippen LogP contribution is 2.24. The van der Waals surface area contributed by atoms with Crippen LogP contribution in [0.4, 0.5) is 5.82 Å². The second-order valence-corrected chi connectivity index (χ2v) is 7.49. The molecule has 0 aliphatic heterocycles. The number of thiophene rings is 1. The fourth-order valence-corrected chi connectivity index (χ4v) is 4.11. The van der Waals surface area contributed by atoms with Gasteiger partial charge in [0.25, 0.3) is 10.0 Å². The molecule has 0 amide bonds. The Morgan fingerprint density at radius 2 is 2.18 bits per heavy atom. The zero-order valence-corrected chi connectivity index (χ0v) is 13.3. The van der Waals surface area contributed by atoms with Crippen LogP contribution in [-0.2, 0) is 16.4 Å². The average Bonchev–Trinajstić information content (AvgIpc) is 3.19. The summed E-state index contributed by atoms with van der Waals surface area (Å²) in [6.45, 7) is 1.98. The number of aromatic nitrogens is 4. The molecule has 3 rings (SSSR count). The molecule has 0 saturated heterocycles. The summed E-state index contributed by atoms with van der Waals surface area (Å²) in [7, 11) is -3.63. The summed E-state index contributed by atoms with van der Waals surface area (Å²) in [4.78, 5) is 13.0. The smallest absolute Gasteiger partial charge is 0.272 e. The molecule has 0 aliphatic rings. The van der Waals surface area contributed by atoms with Crippen molar-refractivity contribution >= 4 is 27.2 Å². The first kappa shape index (κ1) is 14.7. The van der Waals surface area contributed by atoms with Gasteiger partial charge in [0.1, 0.15) is 28.5 Å². The lowest BCUT2D eigenvalue weighted by Gasteiger charge is -2.07. The zero-order valence-electron chi connectivity index (χ0n) is 11.7. The molecule has 3 heterocycles. The third kappa shape index (κ3) is 3.00. The van der Waals surface area contributed by atoms with Crippen LogP contribution in [0.1, 0.15) is 11.8 Å². The van der Waals surface area contributed by atoms with Gasteiger partial charge in [0.2, 0.25) is 0 Å². The van der Waals surface area contributed by atoms with Crippen LogP contribution >= 0.6 is 11.3 Å². The first-order valence-electron chi connectivity index (χ1n) is 6.50. The Kier molecular flexibility index (Phi) is 3.90. The maximum absolute atomic E-state index is 12.3. The van der Waals surface area contributed by atoms with Gasteiger partial charge in [-0.05, 0) is 18.6 Å². The molecule has 9 heteroatoms. The van der Waals surface area contributed by atoms with Crippen LogP contribution in [0.3, 0.4) is 0 Å². The van der Waals surface area contributed by atoms with E-state index in [1.165, 1.54) is 17.7 Å². The van der Waals surface area contributed by atoms with E-state index in [1.807, 2.05) is 13.0 Å². The lowest BCUT2D eigenvalue weighted by atomic mass is 10.4. The predicted octanol–water partition coefficient (Wildman–Crippen LogP) is 2.09. The Hall–Kier alpha value is -2.26. The van der Waals surface area contributed by atoms with Crippen molar-refractivity contribution in [3.63, 3.8) is 0 Å². The minimum Gasteiger partial charge on any atom is -0.290 e. The van der Waals surface area contributed by atoms with Gasteiger partial charge in [-0.1, -0.05) is 6.92 Å². The molecular weight excluding hydrogens is 322 g/mol. The predicted molar refractivity (Wildman–Crippen MR) is 83.7 cm³/mol. The summed E-state index contributed by atoms with van der Waals surface area (Å²) in [5, 5.41) is 0. The van der Waals surface area contributed by atoms with Gasteiger partial charge >= 0.3 is 0 Å². The summed E-state index contributed by atoms with van der Waals surface area (Å²) in [6.07, 6.45) is 7.02. The average molecular weight is 335 g/mol. The van der Waals surface area contributed by atoms with Crippen molar-refractivity contribution in [3.05, 3.63) is 48.1 Å². The largest absolute Gasteiger partial charge is 0.290 e. The van der Waals surface area contributed by atoms with Crippen LogP contribution in [0.5, 0.6) is 0 Å². The van der Waals surface area contributed by atoms with Crippen molar-refractivity contribution in [2.75, 3.05) is 4.72 Å². The van der Waals surface area contributed by atoms with Crippen molar-refractivity contribution in [1.29, 1.82) is 0 Å².